The molecule has 4 nitrogen and oxygen atoms in total. The predicted molar refractivity (Wildman–Crippen MR) is 67.3 cm³/mol. The summed E-state index contributed by atoms with van der Waals surface area (Å²) >= 11 is 0. The molecule has 0 saturated carbocycles. The third kappa shape index (κ3) is 3.20. The van der Waals surface area contributed by atoms with Crippen LogP contribution in [0, 0.1) is 5.41 Å². The molecule has 1 aromatic carbocycles. The number of ether oxygens (including phenoxy) is 1. The van der Waals surface area contributed by atoms with Crippen LogP contribution in [0.5, 0.6) is 5.75 Å². The van der Waals surface area contributed by atoms with Crippen molar-refractivity contribution in [3.05, 3.63) is 24.3 Å². The van der Waals surface area contributed by atoms with Gasteiger partial charge < -0.3 is 15.4 Å². The van der Waals surface area contributed by atoms with Gasteiger partial charge in [-0.15, -0.1) is 0 Å². The number of hydrogen-bond donors (Lipinski definition) is 2. The Hall–Kier alpha value is -1.69. The molecule has 0 radical (unpaired) electrons. The number of alkyl halides is 2. The predicted octanol–water partition coefficient (Wildman–Crippen LogP) is 2.23. The van der Waals surface area contributed by atoms with E-state index in [0.29, 0.717) is 6.54 Å². The first kappa shape index (κ1) is 13.7. The van der Waals surface area contributed by atoms with Gasteiger partial charge in [0.1, 0.15) is 5.75 Å². The quantitative estimate of drug-likeness (QED) is 0.882. The van der Waals surface area contributed by atoms with Crippen LogP contribution in [0.15, 0.2) is 24.3 Å². The smallest absolute Gasteiger partial charge is 0.387 e. The maximum Gasteiger partial charge on any atom is 0.387 e. The fourth-order valence-electron chi connectivity index (χ4n) is 2.05. The van der Waals surface area contributed by atoms with Crippen molar-refractivity contribution in [2.24, 2.45) is 5.41 Å². The van der Waals surface area contributed by atoms with Gasteiger partial charge in [-0.25, -0.2) is 0 Å². The van der Waals surface area contributed by atoms with Gasteiger partial charge in [-0.05, 0) is 32.0 Å². The van der Waals surface area contributed by atoms with Gasteiger partial charge >= 0.3 is 6.61 Å². The van der Waals surface area contributed by atoms with Crippen molar-refractivity contribution >= 4 is 11.6 Å². The molecule has 1 saturated heterocycles. The monoisotopic (exact) mass is 270 g/mol. The minimum Gasteiger partial charge on any atom is -0.433 e. The third-order valence-electron chi connectivity index (χ3n) is 3.27. The number of nitrogens with one attached hydrogen (secondary N) is 2. The molecule has 0 aliphatic carbocycles. The Bertz CT molecular complexity index is 460. The Kier molecular flexibility index (Phi) is 3.99. The molecule has 1 atom stereocenters. The van der Waals surface area contributed by atoms with E-state index in [1.807, 2.05) is 6.92 Å². The van der Waals surface area contributed by atoms with Crippen LogP contribution in [-0.2, 0) is 4.79 Å². The number of carbonyl (C=O) groups excluding carboxylic acids is 1. The number of benzene rings is 1. The molecule has 6 heteroatoms. The van der Waals surface area contributed by atoms with Crippen molar-refractivity contribution in [1.82, 2.24) is 5.32 Å². The van der Waals surface area contributed by atoms with Gasteiger partial charge in [-0.1, -0.05) is 12.1 Å². The zero-order valence-electron chi connectivity index (χ0n) is 10.6. The fraction of sp³-hybridized carbons (Fsp3) is 0.462. The van der Waals surface area contributed by atoms with Crippen LogP contribution in [0.3, 0.4) is 0 Å². The summed E-state index contributed by atoms with van der Waals surface area (Å²) in [5.41, 5.74) is -0.251. The van der Waals surface area contributed by atoms with E-state index < -0.39 is 12.0 Å². The number of hydrogen-bond acceptors (Lipinski definition) is 3. The standard InChI is InChI=1S/C13H16F2N2O2/c1-13(6-7-16-8-13)11(18)17-9-4-2-3-5-10(9)19-12(14)15/h2-5,12,16H,6-8H2,1H3,(H,17,18). The Morgan fingerprint density at radius 3 is 2.84 bits per heavy atom. The fourth-order valence-corrected chi connectivity index (χ4v) is 2.05. The van der Waals surface area contributed by atoms with Crippen molar-refractivity contribution < 1.29 is 18.3 Å². The second kappa shape index (κ2) is 5.52. The van der Waals surface area contributed by atoms with Crippen LogP contribution in [0.2, 0.25) is 0 Å². The molecule has 19 heavy (non-hydrogen) atoms. The van der Waals surface area contributed by atoms with Gasteiger partial charge in [0, 0.05) is 6.54 Å². The minimum atomic E-state index is -2.92. The number of amides is 1. The first-order valence-electron chi connectivity index (χ1n) is 6.07. The Morgan fingerprint density at radius 1 is 1.47 bits per heavy atom. The number of carbonyl (C=O) groups is 1. The van der Waals surface area contributed by atoms with Crippen molar-refractivity contribution in [1.29, 1.82) is 0 Å². The topological polar surface area (TPSA) is 50.4 Å². The van der Waals surface area contributed by atoms with E-state index in [-0.39, 0.29) is 17.3 Å². The van der Waals surface area contributed by atoms with Crippen molar-refractivity contribution in [3.63, 3.8) is 0 Å². The van der Waals surface area contributed by atoms with E-state index in [1.54, 1.807) is 18.2 Å². The van der Waals surface area contributed by atoms with Gasteiger partial charge in [0.15, 0.2) is 0 Å². The van der Waals surface area contributed by atoms with Crippen molar-refractivity contribution in [2.45, 2.75) is 20.0 Å². The van der Waals surface area contributed by atoms with E-state index in [2.05, 4.69) is 15.4 Å². The summed E-state index contributed by atoms with van der Waals surface area (Å²) in [6.07, 6.45) is 0.719. The van der Waals surface area contributed by atoms with Crippen LogP contribution in [0.25, 0.3) is 0 Å². The Morgan fingerprint density at radius 2 is 2.21 bits per heavy atom. The zero-order valence-corrected chi connectivity index (χ0v) is 10.6. The molecule has 1 amide bonds. The van der Waals surface area contributed by atoms with Crippen molar-refractivity contribution in [3.8, 4) is 5.75 Å². The first-order chi connectivity index (χ1) is 9.01. The molecular weight excluding hydrogens is 254 g/mol. The lowest BCUT2D eigenvalue weighted by Gasteiger charge is -2.22. The van der Waals surface area contributed by atoms with Crippen LogP contribution in [0.4, 0.5) is 14.5 Å². The molecule has 1 fully saturated rings. The summed E-state index contributed by atoms with van der Waals surface area (Å²) in [5.74, 6) is -0.219. The van der Waals surface area contributed by atoms with E-state index in [1.165, 1.54) is 6.07 Å². The molecule has 2 rings (SSSR count). The van der Waals surface area contributed by atoms with E-state index in [0.717, 1.165) is 13.0 Å². The summed E-state index contributed by atoms with van der Waals surface area (Å²) in [4.78, 5) is 12.2. The molecule has 0 aromatic heterocycles. The van der Waals surface area contributed by atoms with Gasteiger partial charge in [-0.3, -0.25) is 4.79 Å². The van der Waals surface area contributed by atoms with E-state index in [4.69, 9.17) is 0 Å². The molecule has 0 bridgehead atoms. The number of halogens is 2. The highest BCUT2D eigenvalue weighted by atomic mass is 19.3. The molecule has 1 heterocycles. The molecule has 2 N–H and O–H groups in total. The molecule has 104 valence electrons. The highest BCUT2D eigenvalue weighted by molar-refractivity contribution is 5.96. The molecule has 1 aliphatic heterocycles. The molecule has 0 spiro atoms. The SMILES string of the molecule is CC1(C(=O)Nc2ccccc2OC(F)F)CCNC1. The average Bonchev–Trinajstić information content (AvgIpc) is 2.79. The average molecular weight is 270 g/mol. The minimum absolute atomic E-state index is 0.0274. The molecular formula is C13H16F2N2O2. The van der Waals surface area contributed by atoms with E-state index in [9.17, 15) is 13.6 Å². The second-order valence-corrected chi connectivity index (χ2v) is 4.82. The van der Waals surface area contributed by atoms with Crippen molar-refractivity contribution in [2.75, 3.05) is 18.4 Å². The summed E-state index contributed by atoms with van der Waals surface area (Å²) in [5, 5.41) is 5.78. The summed E-state index contributed by atoms with van der Waals surface area (Å²) in [7, 11) is 0. The third-order valence-corrected chi connectivity index (χ3v) is 3.27. The van der Waals surface area contributed by atoms with Gasteiger partial charge in [-0.2, -0.15) is 8.78 Å². The molecule has 1 aromatic rings. The zero-order chi connectivity index (χ0) is 13.9. The lowest BCUT2D eigenvalue weighted by molar-refractivity contribution is -0.123. The maximum absolute atomic E-state index is 12.3. The molecule has 1 unspecified atom stereocenters. The summed E-state index contributed by atoms with van der Waals surface area (Å²) < 4.78 is 28.9. The van der Waals surface area contributed by atoms with E-state index >= 15 is 0 Å². The van der Waals surface area contributed by atoms with Crippen LogP contribution in [0.1, 0.15) is 13.3 Å². The lowest BCUT2D eigenvalue weighted by atomic mass is 9.88. The van der Waals surface area contributed by atoms with Crippen LogP contribution >= 0.6 is 0 Å². The molecule has 1 aliphatic rings. The highest BCUT2D eigenvalue weighted by Crippen LogP contribution is 2.30. The normalized spacial score (nSPS) is 22.5. The summed E-state index contributed by atoms with van der Waals surface area (Å²) in [6, 6.07) is 6.17. The van der Waals surface area contributed by atoms with Crippen LogP contribution < -0.4 is 15.4 Å². The highest BCUT2D eigenvalue weighted by Gasteiger charge is 2.36. The largest absolute Gasteiger partial charge is 0.433 e. The second-order valence-electron chi connectivity index (χ2n) is 4.82. The summed E-state index contributed by atoms with van der Waals surface area (Å²) in [6.45, 7) is 0.288. The number of anilines is 1. The van der Waals surface area contributed by atoms with Gasteiger partial charge in [0.05, 0.1) is 11.1 Å². The number of para-hydroxylation sites is 2. The Labute approximate surface area is 110 Å². The Balaban J connectivity index is 2.12. The number of rotatable bonds is 4. The van der Waals surface area contributed by atoms with Crippen LogP contribution in [-0.4, -0.2) is 25.6 Å². The lowest BCUT2D eigenvalue weighted by Crippen LogP contribution is -2.35. The first-order valence-corrected chi connectivity index (χ1v) is 6.07. The maximum atomic E-state index is 12.3. The van der Waals surface area contributed by atoms with Gasteiger partial charge in [0.25, 0.3) is 0 Å². The van der Waals surface area contributed by atoms with Gasteiger partial charge in [0.2, 0.25) is 5.91 Å².